The van der Waals surface area contributed by atoms with Gasteiger partial charge in [-0.2, -0.15) is 0 Å². The second-order valence-corrected chi connectivity index (χ2v) is 6.47. The molecule has 2 aromatic rings. The van der Waals surface area contributed by atoms with Crippen molar-refractivity contribution in [3.8, 4) is 0 Å². The number of aromatic nitrogens is 4. The first-order valence-corrected chi connectivity index (χ1v) is 6.31. The number of hydrogen-bond acceptors (Lipinski definition) is 6. The first-order chi connectivity index (χ1) is 9.41. The van der Waals surface area contributed by atoms with Crippen molar-refractivity contribution in [1.82, 2.24) is 19.9 Å². The lowest BCUT2D eigenvalue weighted by Crippen LogP contribution is -2.31. The average molecular weight is 348 g/mol. The van der Waals surface area contributed by atoms with Crippen LogP contribution in [-0.2, 0) is 11.0 Å². The molecule has 142 valence electrons. The summed E-state index contributed by atoms with van der Waals surface area (Å²) in [7, 11) is 0. The fourth-order valence-corrected chi connectivity index (χ4v) is 1.28. The third-order valence-electron chi connectivity index (χ3n) is 2.33. The fourth-order valence-electron chi connectivity index (χ4n) is 1.28. The summed E-state index contributed by atoms with van der Waals surface area (Å²) in [6, 6.07) is 0. The first kappa shape index (κ1) is 26.6. The second-order valence-electron chi connectivity index (χ2n) is 6.47. The van der Waals surface area contributed by atoms with Crippen molar-refractivity contribution in [3.63, 3.8) is 0 Å². The lowest BCUT2D eigenvalue weighted by molar-refractivity contribution is 0.147. The van der Waals surface area contributed by atoms with E-state index in [0.29, 0.717) is 5.82 Å². The maximum absolute atomic E-state index is 10.9. The molecular formula is C15H32N4O5. The third-order valence-corrected chi connectivity index (χ3v) is 2.33. The maximum atomic E-state index is 10.9. The van der Waals surface area contributed by atoms with E-state index < -0.39 is 22.7 Å². The van der Waals surface area contributed by atoms with Crippen LogP contribution in [0.25, 0.3) is 0 Å². The standard InChI is InChI=1S/C6H10N2O3.C6H10N2O2.3CH4/c1-6(2,3)8-4(9)7-5(10)11-8;1-6(2,3)4-7-5(9)10-8-4;;;/h1-3H3,(H,7,9,10);1-3H3,(H,7,8,9);3*1H4. The minimum atomic E-state index is -0.718. The minimum Gasteiger partial charge on any atom is -0.316 e. The van der Waals surface area contributed by atoms with Crippen molar-refractivity contribution in [3.05, 3.63) is 37.4 Å². The molecule has 0 fully saturated rings. The highest BCUT2D eigenvalue weighted by molar-refractivity contribution is 4.96. The Morgan fingerprint density at radius 3 is 1.54 bits per heavy atom. The lowest BCUT2D eigenvalue weighted by Gasteiger charge is -2.14. The molecule has 0 atom stereocenters. The van der Waals surface area contributed by atoms with E-state index in [1.54, 1.807) is 20.8 Å². The van der Waals surface area contributed by atoms with E-state index in [9.17, 15) is 14.4 Å². The molecule has 0 radical (unpaired) electrons. The third kappa shape index (κ3) is 7.30. The van der Waals surface area contributed by atoms with Gasteiger partial charge in [-0.05, 0) is 20.8 Å². The molecule has 0 spiro atoms. The van der Waals surface area contributed by atoms with Crippen LogP contribution in [0.5, 0.6) is 0 Å². The molecule has 0 unspecified atom stereocenters. The Balaban J connectivity index is -0.000000328. The number of hydrogen-bond donors (Lipinski definition) is 2. The number of nitrogens with one attached hydrogen (secondary N) is 2. The summed E-state index contributed by atoms with van der Waals surface area (Å²) < 4.78 is 9.91. The van der Waals surface area contributed by atoms with Crippen LogP contribution in [0.15, 0.2) is 23.4 Å². The van der Waals surface area contributed by atoms with Crippen molar-refractivity contribution in [2.24, 2.45) is 0 Å². The Morgan fingerprint density at radius 1 is 0.875 bits per heavy atom. The van der Waals surface area contributed by atoms with Crippen molar-refractivity contribution >= 4 is 0 Å². The lowest BCUT2D eigenvalue weighted by atomic mass is 9.96. The van der Waals surface area contributed by atoms with Crippen molar-refractivity contribution < 1.29 is 9.05 Å². The first-order valence-electron chi connectivity index (χ1n) is 6.31. The van der Waals surface area contributed by atoms with Gasteiger partial charge in [-0.1, -0.05) is 48.2 Å². The molecule has 2 rings (SSSR count). The Labute approximate surface area is 142 Å². The monoisotopic (exact) mass is 348 g/mol. The molecule has 24 heavy (non-hydrogen) atoms. The largest absolute Gasteiger partial charge is 0.440 e. The molecule has 2 aromatic heterocycles. The summed E-state index contributed by atoms with van der Waals surface area (Å²) in [5.41, 5.74) is -1.15. The van der Waals surface area contributed by atoms with E-state index in [4.69, 9.17) is 0 Å². The Kier molecular flexibility index (Phi) is 10.1. The van der Waals surface area contributed by atoms with Crippen LogP contribution in [0.1, 0.15) is 69.6 Å². The predicted octanol–water partition coefficient (Wildman–Crippen LogP) is 2.45. The highest BCUT2D eigenvalue weighted by Crippen LogP contribution is 2.15. The molecular weight excluding hydrogens is 316 g/mol. The summed E-state index contributed by atoms with van der Waals surface area (Å²) in [5, 5.41) is 3.54. The topological polar surface area (TPSA) is 127 Å². The SMILES string of the molecule is C.C.C.CC(C)(C)c1noc(=O)[nH]1.CC(C)(C)n1oc(=O)[nH]c1=O. The van der Waals surface area contributed by atoms with E-state index in [1.165, 1.54) is 0 Å². The van der Waals surface area contributed by atoms with E-state index in [2.05, 4.69) is 19.2 Å². The molecule has 0 amide bonds. The quantitative estimate of drug-likeness (QED) is 0.753. The number of nitrogens with zero attached hydrogens (tertiary/aromatic N) is 2. The molecule has 0 aliphatic rings. The predicted molar refractivity (Wildman–Crippen MR) is 94.6 cm³/mol. The average Bonchev–Trinajstić information content (AvgIpc) is 2.84. The van der Waals surface area contributed by atoms with Gasteiger partial charge in [-0.3, -0.25) is 9.51 Å². The van der Waals surface area contributed by atoms with Gasteiger partial charge in [-0.25, -0.2) is 19.4 Å². The van der Waals surface area contributed by atoms with Crippen molar-refractivity contribution in [2.45, 2.75) is 74.8 Å². The molecule has 0 aliphatic carbocycles. The molecule has 2 heterocycles. The van der Waals surface area contributed by atoms with Gasteiger partial charge >= 0.3 is 17.2 Å². The maximum Gasteiger partial charge on any atom is 0.440 e. The molecule has 9 nitrogen and oxygen atoms in total. The van der Waals surface area contributed by atoms with Gasteiger partial charge in [0.2, 0.25) is 0 Å². The van der Waals surface area contributed by atoms with Gasteiger partial charge in [0.1, 0.15) is 0 Å². The molecule has 0 saturated carbocycles. The highest BCUT2D eigenvalue weighted by Gasteiger charge is 2.19. The number of rotatable bonds is 0. The highest BCUT2D eigenvalue weighted by atomic mass is 16.5. The van der Waals surface area contributed by atoms with E-state index in [0.717, 1.165) is 4.74 Å². The van der Waals surface area contributed by atoms with Gasteiger partial charge in [0.15, 0.2) is 5.82 Å². The van der Waals surface area contributed by atoms with Crippen molar-refractivity contribution in [1.29, 1.82) is 0 Å². The zero-order valence-electron chi connectivity index (χ0n) is 12.9. The summed E-state index contributed by atoms with van der Waals surface area (Å²) in [6.07, 6.45) is 0. The van der Waals surface area contributed by atoms with Gasteiger partial charge < -0.3 is 4.52 Å². The van der Waals surface area contributed by atoms with E-state index in [1.807, 2.05) is 25.8 Å². The number of H-pyrrole nitrogens is 2. The van der Waals surface area contributed by atoms with Gasteiger partial charge in [0.25, 0.3) is 0 Å². The molecule has 0 bridgehead atoms. The van der Waals surface area contributed by atoms with Crippen LogP contribution in [0, 0.1) is 0 Å². The Morgan fingerprint density at radius 2 is 1.38 bits per heavy atom. The normalized spacial score (nSPS) is 10.4. The number of aromatic amines is 2. The second kappa shape index (κ2) is 9.09. The summed E-state index contributed by atoms with van der Waals surface area (Å²) >= 11 is 0. The zero-order valence-corrected chi connectivity index (χ0v) is 12.9. The molecule has 9 heteroatoms. The van der Waals surface area contributed by atoms with Crippen LogP contribution < -0.4 is 17.2 Å². The smallest absolute Gasteiger partial charge is 0.316 e. The Hall–Kier alpha value is -2.32. The zero-order chi connectivity index (χ0) is 16.4. The van der Waals surface area contributed by atoms with Gasteiger partial charge in [0, 0.05) is 5.41 Å². The minimum absolute atomic E-state index is 0. The van der Waals surface area contributed by atoms with Gasteiger partial charge in [0.05, 0.1) is 5.54 Å². The molecule has 0 aromatic carbocycles. The Bertz CT molecular complexity index is 746. The summed E-state index contributed by atoms with van der Waals surface area (Å²) in [6.45, 7) is 11.1. The van der Waals surface area contributed by atoms with Crippen molar-refractivity contribution in [2.75, 3.05) is 0 Å². The molecule has 2 N–H and O–H groups in total. The summed E-state index contributed by atoms with van der Waals surface area (Å²) in [5.74, 6) is -0.632. The van der Waals surface area contributed by atoms with Crippen LogP contribution in [0.2, 0.25) is 0 Å². The molecule has 0 aliphatic heterocycles. The van der Waals surface area contributed by atoms with E-state index >= 15 is 0 Å². The van der Waals surface area contributed by atoms with E-state index in [-0.39, 0.29) is 27.7 Å². The van der Waals surface area contributed by atoms with Crippen LogP contribution >= 0.6 is 0 Å². The van der Waals surface area contributed by atoms with Crippen LogP contribution in [0.3, 0.4) is 0 Å². The molecule has 0 saturated heterocycles. The summed E-state index contributed by atoms with van der Waals surface area (Å²) in [4.78, 5) is 36.3. The fraction of sp³-hybridized carbons (Fsp3) is 0.733. The van der Waals surface area contributed by atoms with Crippen LogP contribution in [-0.4, -0.2) is 19.9 Å². The van der Waals surface area contributed by atoms with Gasteiger partial charge in [-0.15, -0.1) is 4.74 Å². The van der Waals surface area contributed by atoms with Crippen LogP contribution in [0.4, 0.5) is 0 Å².